The minimum Gasteiger partial charge on any atom is -0.330 e. The lowest BCUT2D eigenvalue weighted by Gasteiger charge is -2.38. The third-order valence-corrected chi connectivity index (χ3v) is 8.56. The van der Waals surface area contributed by atoms with E-state index in [-0.39, 0.29) is 30.0 Å². The molecule has 0 radical (unpaired) electrons. The first-order valence-electron chi connectivity index (χ1n) is 10.00. The average molecular weight is 397 g/mol. The van der Waals surface area contributed by atoms with Crippen LogP contribution in [0, 0.1) is 5.92 Å². The lowest BCUT2D eigenvalue weighted by Crippen LogP contribution is -2.52. The van der Waals surface area contributed by atoms with Gasteiger partial charge in [0.2, 0.25) is 10.0 Å². The Hall–Kier alpha value is -2.18. The fourth-order valence-electron chi connectivity index (χ4n) is 5.52. The quantitative estimate of drug-likeness (QED) is 0.802. The van der Waals surface area contributed by atoms with E-state index in [4.69, 9.17) is 0 Å². The summed E-state index contributed by atoms with van der Waals surface area (Å²) in [6.07, 6.45) is 2.45. The number of hydrogen-bond acceptors (Lipinski definition) is 3. The van der Waals surface area contributed by atoms with Gasteiger partial charge < -0.3 is 4.90 Å². The Morgan fingerprint density at radius 3 is 2.50 bits per heavy atom. The predicted molar refractivity (Wildman–Crippen MR) is 106 cm³/mol. The van der Waals surface area contributed by atoms with Crippen molar-refractivity contribution in [1.82, 2.24) is 9.21 Å². The van der Waals surface area contributed by atoms with Crippen molar-refractivity contribution in [2.75, 3.05) is 6.54 Å². The molecule has 2 aromatic rings. The van der Waals surface area contributed by atoms with E-state index < -0.39 is 10.0 Å². The molecule has 0 saturated carbocycles. The van der Waals surface area contributed by atoms with Crippen molar-refractivity contribution in [1.29, 1.82) is 0 Å². The molecule has 2 fully saturated rings. The minimum absolute atomic E-state index is 0.0330. The molecule has 3 aliphatic rings. The van der Waals surface area contributed by atoms with Gasteiger partial charge in [0, 0.05) is 24.2 Å². The molecule has 4 atom stereocenters. The van der Waals surface area contributed by atoms with Gasteiger partial charge in [-0.1, -0.05) is 43.3 Å². The van der Waals surface area contributed by atoms with Gasteiger partial charge in [-0.15, -0.1) is 0 Å². The summed E-state index contributed by atoms with van der Waals surface area (Å²) in [7, 11) is -3.56. The van der Waals surface area contributed by atoms with Crippen molar-refractivity contribution in [3.05, 3.63) is 65.7 Å². The van der Waals surface area contributed by atoms with Gasteiger partial charge in [-0.2, -0.15) is 4.31 Å². The number of rotatable bonds is 3. The summed E-state index contributed by atoms with van der Waals surface area (Å²) in [6.45, 7) is 2.52. The van der Waals surface area contributed by atoms with Gasteiger partial charge in [0.05, 0.1) is 10.9 Å². The number of hydrogen-bond donors (Lipinski definition) is 0. The van der Waals surface area contributed by atoms with Gasteiger partial charge >= 0.3 is 0 Å². The minimum atomic E-state index is -3.56. The fraction of sp³-hybridized carbons (Fsp3) is 0.409. The third kappa shape index (κ3) is 2.47. The van der Waals surface area contributed by atoms with Crippen molar-refractivity contribution >= 4 is 15.9 Å². The van der Waals surface area contributed by atoms with Crippen molar-refractivity contribution < 1.29 is 13.2 Å². The molecule has 28 heavy (non-hydrogen) atoms. The summed E-state index contributed by atoms with van der Waals surface area (Å²) in [5, 5.41) is 0. The topological polar surface area (TPSA) is 57.7 Å². The molecular formula is C22H24N2O3S. The molecule has 2 aromatic carbocycles. The smallest absolute Gasteiger partial charge is 0.254 e. The van der Waals surface area contributed by atoms with E-state index in [2.05, 4.69) is 0 Å². The van der Waals surface area contributed by atoms with E-state index in [1.54, 1.807) is 28.6 Å². The molecule has 0 spiro atoms. The van der Waals surface area contributed by atoms with Crippen LogP contribution in [0.1, 0.15) is 35.7 Å². The monoisotopic (exact) mass is 396 g/mol. The van der Waals surface area contributed by atoms with Gasteiger partial charge in [0.25, 0.3) is 5.91 Å². The highest BCUT2D eigenvalue weighted by Crippen LogP contribution is 2.46. The normalized spacial score (nSPS) is 29.5. The zero-order valence-electron chi connectivity index (χ0n) is 15.9. The van der Waals surface area contributed by atoms with Gasteiger partial charge in [-0.3, -0.25) is 4.79 Å². The molecule has 6 heteroatoms. The maximum atomic E-state index is 13.3. The first kappa shape index (κ1) is 17.9. The van der Waals surface area contributed by atoms with Crippen LogP contribution in [0.3, 0.4) is 0 Å². The zero-order valence-corrected chi connectivity index (χ0v) is 16.7. The van der Waals surface area contributed by atoms with Crippen LogP contribution in [0.2, 0.25) is 0 Å². The molecule has 0 bridgehead atoms. The van der Waals surface area contributed by atoms with E-state index in [9.17, 15) is 13.2 Å². The van der Waals surface area contributed by atoms with Crippen molar-refractivity contribution in [2.24, 2.45) is 5.92 Å². The molecule has 0 aliphatic carbocycles. The van der Waals surface area contributed by atoms with Crippen LogP contribution >= 0.6 is 0 Å². The highest BCUT2D eigenvalue weighted by atomic mass is 32.2. The van der Waals surface area contributed by atoms with Crippen LogP contribution in [0.25, 0.3) is 0 Å². The molecule has 3 aliphatic heterocycles. The maximum Gasteiger partial charge on any atom is 0.254 e. The van der Waals surface area contributed by atoms with Gasteiger partial charge in [-0.25, -0.2) is 8.42 Å². The number of carbonyl (C=O) groups excluding carboxylic acids is 1. The molecule has 0 unspecified atom stereocenters. The Morgan fingerprint density at radius 1 is 1.04 bits per heavy atom. The van der Waals surface area contributed by atoms with Crippen LogP contribution in [0.5, 0.6) is 0 Å². The largest absolute Gasteiger partial charge is 0.330 e. The van der Waals surface area contributed by atoms with Crippen LogP contribution in [-0.2, 0) is 16.4 Å². The number of carbonyl (C=O) groups is 1. The second-order valence-corrected chi connectivity index (χ2v) is 9.97. The molecule has 1 amide bonds. The first-order chi connectivity index (χ1) is 13.5. The van der Waals surface area contributed by atoms with Crippen LogP contribution in [0.15, 0.2) is 59.5 Å². The highest BCUT2D eigenvalue weighted by Gasteiger charge is 2.57. The SMILES string of the molecule is CC[C@@H]1[C@@H]2[C@@H](C[C@H]3Cc4ccccc4C(=O)N32)CN1S(=O)(=O)c1ccccc1. The van der Waals surface area contributed by atoms with Gasteiger partial charge in [0.15, 0.2) is 0 Å². The Balaban J connectivity index is 1.51. The molecule has 3 heterocycles. The summed E-state index contributed by atoms with van der Waals surface area (Å²) in [4.78, 5) is 15.6. The summed E-state index contributed by atoms with van der Waals surface area (Å²) >= 11 is 0. The maximum absolute atomic E-state index is 13.3. The second kappa shape index (κ2) is 6.42. The number of amides is 1. The number of fused-ring (bicyclic) bond motifs is 4. The number of sulfonamides is 1. The van der Waals surface area contributed by atoms with Gasteiger partial charge in [-0.05, 0) is 48.9 Å². The Labute approximate surface area is 166 Å². The standard InChI is InChI=1S/C22H24N2O3S/c1-2-20-21-16(14-23(20)28(26,27)18-9-4-3-5-10-18)13-17-12-15-8-6-7-11-19(15)22(25)24(17)21/h3-11,16-17,20-21H,2,12-14H2,1H3/t16-,17+,20+,21-/m0/s1. The van der Waals surface area contributed by atoms with E-state index in [1.165, 1.54) is 0 Å². The lowest BCUT2D eigenvalue weighted by atomic mass is 9.93. The molecule has 0 N–H and O–H groups in total. The van der Waals surface area contributed by atoms with E-state index in [0.29, 0.717) is 17.9 Å². The summed E-state index contributed by atoms with van der Waals surface area (Å²) < 4.78 is 28.2. The Bertz CT molecular complexity index is 1020. The Kier molecular flexibility index (Phi) is 4.10. The molecule has 5 rings (SSSR count). The Morgan fingerprint density at radius 2 is 1.75 bits per heavy atom. The zero-order chi connectivity index (χ0) is 19.5. The fourth-order valence-corrected chi connectivity index (χ4v) is 7.31. The molecule has 5 nitrogen and oxygen atoms in total. The first-order valence-corrected chi connectivity index (χ1v) is 11.4. The lowest BCUT2D eigenvalue weighted by molar-refractivity contribution is 0.0593. The molecule has 2 saturated heterocycles. The summed E-state index contributed by atoms with van der Waals surface area (Å²) in [5.41, 5.74) is 1.90. The number of benzene rings is 2. The van der Waals surface area contributed by atoms with Crippen molar-refractivity contribution in [3.63, 3.8) is 0 Å². The second-order valence-electron chi connectivity index (χ2n) is 8.08. The van der Waals surface area contributed by atoms with E-state index in [0.717, 1.165) is 24.0 Å². The molecule has 0 aromatic heterocycles. The van der Waals surface area contributed by atoms with Crippen LogP contribution in [0.4, 0.5) is 0 Å². The van der Waals surface area contributed by atoms with E-state index >= 15 is 0 Å². The van der Waals surface area contributed by atoms with Crippen LogP contribution in [-0.4, -0.2) is 48.2 Å². The predicted octanol–water partition coefficient (Wildman–Crippen LogP) is 2.93. The van der Waals surface area contributed by atoms with Crippen molar-refractivity contribution in [3.8, 4) is 0 Å². The van der Waals surface area contributed by atoms with Crippen LogP contribution < -0.4 is 0 Å². The van der Waals surface area contributed by atoms with Crippen molar-refractivity contribution in [2.45, 2.75) is 49.2 Å². The highest BCUT2D eigenvalue weighted by molar-refractivity contribution is 7.89. The summed E-state index contributed by atoms with van der Waals surface area (Å²) in [6, 6.07) is 16.5. The third-order valence-electron chi connectivity index (χ3n) is 6.66. The summed E-state index contributed by atoms with van der Waals surface area (Å²) in [5.74, 6) is 0.267. The number of nitrogens with zero attached hydrogens (tertiary/aromatic N) is 2. The van der Waals surface area contributed by atoms with E-state index in [1.807, 2.05) is 42.2 Å². The molecule has 146 valence electrons. The molecular weight excluding hydrogens is 372 g/mol. The van der Waals surface area contributed by atoms with Gasteiger partial charge in [0.1, 0.15) is 0 Å². The average Bonchev–Trinajstić information content (AvgIpc) is 3.24.